The van der Waals surface area contributed by atoms with Crippen LogP contribution in [0, 0.1) is 0 Å². The molecule has 0 saturated heterocycles. The highest BCUT2D eigenvalue weighted by molar-refractivity contribution is 5.24. The topological polar surface area (TPSA) is 37.4 Å². The minimum atomic E-state index is 0.711. The van der Waals surface area contributed by atoms with Crippen molar-refractivity contribution < 1.29 is 4.74 Å². The molecule has 1 N–H and O–H groups in total. The molecule has 4 heteroatoms. The van der Waals surface area contributed by atoms with Crippen molar-refractivity contribution in [2.75, 3.05) is 33.3 Å². The van der Waals surface area contributed by atoms with Crippen molar-refractivity contribution >= 4 is 0 Å². The van der Waals surface area contributed by atoms with Gasteiger partial charge in [0.15, 0.2) is 0 Å². The van der Waals surface area contributed by atoms with Gasteiger partial charge in [-0.3, -0.25) is 0 Å². The fourth-order valence-electron chi connectivity index (χ4n) is 1.74. The maximum absolute atomic E-state index is 5.20. The SMILES string of the molecule is CCN(CC)CCNCc1cccnc1OC. The second-order valence-corrected chi connectivity index (χ2v) is 3.88. The van der Waals surface area contributed by atoms with Gasteiger partial charge in [0.05, 0.1) is 7.11 Å². The third-order valence-electron chi connectivity index (χ3n) is 2.86. The van der Waals surface area contributed by atoms with Crippen molar-refractivity contribution in [3.05, 3.63) is 23.9 Å². The molecule has 0 aliphatic heterocycles. The fraction of sp³-hybridized carbons (Fsp3) is 0.615. The van der Waals surface area contributed by atoms with E-state index < -0.39 is 0 Å². The molecule has 4 nitrogen and oxygen atoms in total. The number of likely N-dealkylation sites (N-methyl/N-ethyl adjacent to an activating group) is 1. The summed E-state index contributed by atoms with van der Waals surface area (Å²) in [6.07, 6.45) is 1.75. The van der Waals surface area contributed by atoms with Crippen LogP contribution in [0.2, 0.25) is 0 Å². The Morgan fingerprint density at radius 3 is 2.76 bits per heavy atom. The van der Waals surface area contributed by atoms with Crippen LogP contribution < -0.4 is 10.1 Å². The van der Waals surface area contributed by atoms with Gasteiger partial charge in [-0.2, -0.15) is 0 Å². The van der Waals surface area contributed by atoms with Crippen LogP contribution in [-0.2, 0) is 6.54 Å². The van der Waals surface area contributed by atoms with E-state index in [-0.39, 0.29) is 0 Å². The summed E-state index contributed by atoms with van der Waals surface area (Å²) < 4.78 is 5.20. The van der Waals surface area contributed by atoms with E-state index in [0.717, 1.165) is 38.3 Å². The summed E-state index contributed by atoms with van der Waals surface area (Å²) in [5.74, 6) is 0.711. The molecule has 96 valence electrons. The lowest BCUT2D eigenvalue weighted by atomic mass is 10.2. The number of ether oxygens (including phenoxy) is 1. The molecule has 0 amide bonds. The Morgan fingerprint density at radius 2 is 2.12 bits per heavy atom. The van der Waals surface area contributed by atoms with Gasteiger partial charge in [0, 0.05) is 31.4 Å². The van der Waals surface area contributed by atoms with E-state index in [1.54, 1.807) is 13.3 Å². The molecule has 0 unspecified atom stereocenters. The molecule has 0 aliphatic rings. The average Bonchev–Trinajstić information content (AvgIpc) is 2.39. The lowest BCUT2D eigenvalue weighted by Gasteiger charge is -2.18. The van der Waals surface area contributed by atoms with Crippen molar-refractivity contribution in [2.45, 2.75) is 20.4 Å². The molecule has 17 heavy (non-hydrogen) atoms. The van der Waals surface area contributed by atoms with Crippen molar-refractivity contribution in [2.24, 2.45) is 0 Å². The molecule has 1 heterocycles. The maximum Gasteiger partial charge on any atom is 0.217 e. The monoisotopic (exact) mass is 237 g/mol. The van der Waals surface area contributed by atoms with Crippen LogP contribution >= 0.6 is 0 Å². The van der Waals surface area contributed by atoms with E-state index in [4.69, 9.17) is 4.74 Å². The van der Waals surface area contributed by atoms with Gasteiger partial charge in [-0.05, 0) is 19.2 Å². The summed E-state index contributed by atoms with van der Waals surface area (Å²) in [7, 11) is 1.65. The first-order valence-corrected chi connectivity index (χ1v) is 6.22. The summed E-state index contributed by atoms with van der Waals surface area (Å²) >= 11 is 0. The normalized spacial score (nSPS) is 10.8. The first-order valence-electron chi connectivity index (χ1n) is 6.22. The van der Waals surface area contributed by atoms with Gasteiger partial charge in [0.2, 0.25) is 5.88 Å². The number of rotatable bonds is 8. The number of methoxy groups -OCH3 is 1. The van der Waals surface area contributed by atoms with Crippen LogP contribution in [0.3, 0.4) is 0 Å². The predicted molar refractivity (Wildman–Crippen MR) is 70.3 cm³/mol. The zero-order valence-corrected chi connectivity index (χ0v) is 11.1. The first kappa shape index (κ1) is 13.9. The number of aromatic nitrogens is 1. The average molecular weight is 237 g/mol. The molecular weight excluding hydrogens is 214 g/mol. The van der Waals surface area contributed by atoms with Crippen molar-refractivity contribution in [1.82, 2.24) is 15.2 Å². The largest absolute Gasteiger partial charge is 0.481 e. The smallest absolute Gasteiger partial charge is 0.217 e. The standard InChI is InChI=1S/C13H23N3O/c1-4-16(5-2)10-9-14-11-12-7-6-8-15-13(12)17-3/h6-8,14H,4-5,9-11H2,1-3H3. The minimum Gasteiger partial charge on any atom is -0.481 e. The Bertz CT molecular complexity index is 313. The highest BCUT2D eigenvalue weighted by atomic mass is 16.5. The molecule has 0 atom stereocenters. The van der Waals surface area contributed by atoms with E-state index in [2.05, 4.69) is 29.0 Å². The summed E-state index contributed by atoms with van der Waals surface area (Å²) in [5.41, 5.74) is 1.11. The molecule has 1 aromatic rings. The number of hydrogen-bond acceptors (Lipinski definition) is 4. The molecule has 0 fully saturated rings. The lowest BCUT2D eigenvalue weighted by Crippen LogP contribution is -2.31. The molecule has 1 aromatic heterocycles. The van der Waals surface area contributed by atoms with Gasteiger partial charge in [0.25, 0.3) is 0 Å². The zero-order valence-electron chi connectivity index (χ0n) is 11.1. The number of nitrogens with zero attached hydrogens (tertiary/aromatic N) is 2. The van der Waals surface area contributed by atoms with Crippen LogP contribution in [0.1, 0.15) is 19.4 Å². The van der Waals surface area contributed by atoms with Crippen LogP contribution in [0.4, 0.5) is 0 Å². The molecule has 0 spiro atoms. The van der Waals surface area contributed by atoms with Gasteiger partial charge < -0.3 is 15.0 Å². The summed E-state index contributed by atoms with van der Waals surface area (Å²) in [6.45, 7) is 9.46. The fourth-order valence-corrected chi connectivity index (χ4v) is 1.74. The van der Waals surface area contributed by atoms with E-state index in [1.807, 2.05) is 12.1 Å². The first-order chi connectivity index (χ1) is 8.31. The second-order valence-electron chi connectivity index (χ2n) is 3.88. The molecule has 0 aliphatic carbocycles. The summed E-state index contributed by atoms with van der Waals surface area (Å²) in [5, 5.41) is 3.41. The Balaban J connectivity index is 2.30. The predicted octanol–water partition coefficient (Wildman–Crippen LogP) is 1.52. The molecule has 1 rings (SSSR count). The zero-order chi connectivity index (χ0) is 12.5. The van der Waals surface area contributed by atoms with E-state index in [9.17, 15) is 0 Å². The van der Waals surface area contributed by atoms with Gasteiger partial charge in [-0.1, -0.05) is 19.9 Å². The minimum absolute atomic E-state index is 0.711. The number of hydrogen-bond donors (Lipinski definition) is 1. The third kappa shape index (κ3) is 4.71. The van der Waals surface area contributed by atoms with E-state index in [0.29, 0.717) is 5.88 Å². The Kier molecular flexibility index (Phi) is 6.58. The Morgan fingerprint density at radius 1 is 1.35 bits per heavy atom. The van der Waals surface area contributed by atoms with Crippen LogP contribution in [0.15, 0.2) is 18.3 Å². The Labute approximate surface area is 104 Å². The number of pyridine rings is 1. The summed E-state index contributed by atoms with van der Waals surface area (Å²) in [6, 6.07) is 3.97. The lowest BCUT2D eigenvalue weighted by molar-refractivity contribution is 0.301. The van der Waals surface area contributed by atoms with Crippen LogP contribution in [0.25, 0.3) is 0 Å². The maximum atomic E-state index is 5.20. The molecule has 0 bridgehead atoms. The molecule has 0 radical (unpaired) electrons. The van der Waals surface area contributed by atoms with Crippen molar-refractivity contribution in [3.8, 4) is 5.88 Å². The van der Waals surface area contributed by atoms with Crippen molar-refractivity contribution in [3.63, 3.8) is 0 Å². The van der Waals surface area contributed by atoms with Gasteiger partial charge in [-0.25, -0.2) is 4.98 Å². The quantitative estimate of drug-likeness (QED) is 0.696. The van der Waals surface area contributed by atoms with Crippen molar-refractivity contribution in [1.29, 1.82) is 0 Å². The van der Waals surface area contributed by atoms with Gasteiger partial charge >= 0.3 is 0 Å². The summed E-state index contributed by atoms with van der Waals surface area (Å²) in [4.78, 5) is 6.57. The van der Waals surface area contributed by atoms with Gasteiger partial charge in [-0.15, -0.1) is 0 Å². The number of nitrogens with one attached hydrogen (secondary N) is 1. The van der Waals surface area contributed by atoms with E-state index >= 15 is 0 Å². The van der Waals surface area contributed by atoms with Crippen LogP contribution in [0.5, 0.6) is 5.88 Å². The van der Waals surface area contributed by atoms with Gasteiger partial charge in [0.1, 0.15) is 0 Å². The third-order valence-corrected chi connectivity index (χ3v) is 2.86. The second kappa shape index (κ2) is 8.03. The van der Waals surface area contributed by atoms with Crippen LogP contribution in [-0.4, -0.2) is 43.2 Å². The Hall–Kier alpha value is -1.13. The molecule has 0 aromatic carbocycles. The highest BCUT2D eigenvalue weighted by Crippen LogP contribution is 2.12. The molecular formula is C13H23N3O. The van der Waals surface area contributed by atoms with E-state index in [1.165, 1.54) is 0 Å². The molecule has 0 saturated carbocycles. The highest BCUT2D eigenvalue weighted by Gasteiger charge is 2.03.